The summed E-state index contributed by atoms with van der Waals surface area (Å²) in [4.78, 5) is 12.2. The number of benzene rings is 3. The highest BCUT2D eigenvalue weighted by molar-refractivity contribution is 5.94. The zero-order valence-electron chi connectivity index (χ0n) is 15.6. The van der Waals surface area contributed by atoms with E-state index >= 15 is 0 Å². The molecule has 4 aromatic rings. The molecule has 8 heteroatoms. The Balaban J connectivity index is 1.38. The van der Waals surface area contributed by atoms with Crippen LogP contribution in [0.5, 0.6) is 0 Å². The fraction of sp³-hybridized carbons (Fsp3) is 0.136. The third-order valence-corrected chi connectivity index (χ3v) is 4.50. The van der Waals surface area contributed by atoms with Gasteiger partial charge in [-0.05, 0) is 41.1 Å². The number of amides is 1. The molecule has 3 aromatic carbocycles. The SMILES string of the molecule is O=C(CCc1nnc(-c2cccc(C(F)(F)F)c2)o1)Nc1ccc2ccccc2c1. The van der Waals surface area contributed by atoms with Gasteiger partial charge in [0.05, 0.1) is 5.56 Å². The fourth-order valence-corrected chi connectivity index (χ4v) is 3.01. The number of fused-ring (bicyclic) bond motifs is 1. The standard InChI is InChI=1S/C22H16F3N3O2/c23-22(24,25)17-7-3-6-16(12-17)21-28-27-20(30-21)11-10-19(29)26-18-9-8-14-4-1-2-5-15(14)13-18/h1-9,12-13H,10-11H2,(H,26,29). The second-order valence-electron chi connectivity index (χ2n) is 6.69. The summed E-state index contributed by atoms with van der Waals surface area (Å²) in [6.45, 7) is 0. The van der Waals surface area contributed by atoms with Gasteiger partial charge in [-0.15, -0.1) is 10.2 Å². The van der Waals surface area contributed by atoms with Gasteiger partial charge < -0.3 is 9.73 Å². The highest BCUT2D eigenvalue weighted by atomic mass is 19.4. The average molecular weight is 411 g/mol. The van der Waals surface area contributed by atoms with Gasteiger partial charge in [0, 0.05) is 24.1 Å². The molecule has 0 aliphatic heterocycles. The first-order valence-electron chi connectivity index (χ1n) is 9.17. The van der Waals surface area contributed by atoms with Gasteiger partial charge in [-0.25, -0.2) is 0 Å². The summed E-state index contributed by atoms with van der Waals surface area (Å²) in [5, 5.41) is 12.5. The number of halogens is 3. The number of aromatic nitrogens is 2. The van der Waals surface area contributed by atoms with Crippen molar-refractivity contribution in [3.63, 3.8) is 0 Å². The van der Waals surface area contributed by atoms with Crippen LogP contribution in [0.25, 0.3) is 22.2 Å². The molecule has 1 N–H and O–H groups in total. The Hall–Kier alpha value is -3.68. The lowest BCUT2D eigenvalue weighted by atomic mass is 10.1. The number of nitrogens with zero attached hydrogens (tertiary/aromatic N) is 2. The Morgan fingerprint density at radius 3 is 2.53 bits per heavy atom. The van der Waals surface area contributed by atoms with E-state index in [9.17, 15) is 18.0 Å². The lowest BCUT2D eigenvalue weighted by Crippen LogP contribution is -2.12. The molecular weight excluding hydrogens is 395 g/mol. The number of alkyl halides is 3. The van der Waals surface area contributed by atoms with Crippen molar-refractivity contribution in [3.8, 4) is 11.5 Å². The van der Waals surface area contributed by atoms with Crippen LogP contribution < -0.4 is 5.32 Å². The van der Waals surface area contributed by atoms with Gasteiger partial charge >= 0.3 is 6.18 Å². The predicted octanol–water partition coefficient (Wildman–Crippen LogP) is 5.48. The molecule has 0 fully saturated rings. The zero-order valence-corrected chi connectivity index (χ0v) is 15.6. The van der Waals surface area contributed by atoms with Crippen LogP contribution in [0.2, 0.25) is 0 Å². The van der Waals surface area contributed by atoms with Crippen molar-refractivity contribution in [2.45, 2.75) is 19.0 Å². The maximum atomic E-state index is 12.9. The van der Waals surface area contributed by atoms with Gasteiger partial charge in [-0.1, -0.05) is 36.4 Å². The summed E-state index contributed by atoms with van der Waals surface area (Å²) in [7, 11) is 0. The molecule has 0 spiro atoms. The number of hydrogen-bond acceptors (Lipinski definition) is 4. The molecule has 30 heavy (non-hydrogen) atoms. The molecule has 0 aliphatic rings. The largest absolute Gasteiger partial charge is 0.421 e. The van der Waals surface area contributed by atoms with Gasteiger partial charge in [-0.3, -0.25) is 4.79 Å². The predicted molar refractivity (Wildman–Crippen MR) is 106 cm³/mol. The van der Waals surface area contributed by atoms with Crippen molar-refractivity contribution in [3.05, 3.63) is 78.2 Å². The summed E-state index contributed by atoms with van der Waals surface area (Å²) in [5.74, 6) is -0.0776. The Labute approximate surface area is 169 Å². The van der Waals surface area contributed by atoms with E-state index in [-0.39, 0.29) is 36.1 Å². The van der Waals surface area contributed by atoms with E-state index < -0.39 is 11.7 Å². The number of rotatable bonds is 5. The van der Waals surface area contributed by atoms with Gasteiger partial charge in [0.15, 0.2) is 0 Å². The molecule has 1 aromatic heterocycles. The van der Waals surface area contributed by atoms with Crippen molar-refractivity contribution >= 4 is 22.4 Å². The minimum absolute atomic E-state index is 0.0222. The monoisotopic (exact) mass is 411 g/mol. The molecule has 4 rings (SSSR count). The molecule has 1 amide bonds. The highest BCUT2D eigenvalue weighted by Crippen LogP contribution is 2.31. The molecule has 152 valence electrons. The lowest BCUT2D eigenvalue weighted by molar-refractivity contribution is -0.137. The van der Waals surface area contributed by atoms with Gasteiger partial charge in [-0.2, -0.15) is 13.2 Å². The van der Waals surface area contributed by atoms with Gasteiger partial charge in [0.1, 0.15) is 0 Å². The summed E-state index contributed by atoms with van der Waals surface area (Å²) < 4.78 is 44.0. The van der Waals surface area contributed by atoms with Crippen molar-refractivity contribution in [2.75, 3.05) is 5.32 Å². The third-order valence-electron chi connectivity index (χ3n) is 4.50. The van der Waals surface area contributed by atoms with Crippen LogP contribution in [0, 0.1) is 0 Å². The molecule has 1 heterocycles. The third kappa shape index (κ3) is 4.48. The van der Waals surface area contributed by atoms with E-state index in [1.54, 1.807) is 0 Å². The van der Waals surface area contributed by atoms with Crippen LogP contribution in [0.15, 0.2) is 71.1 Å². The average Bonchev–Trinajstić information content (AvgIpc) is 3.21. The van der Waals surface area contributed by atoms with Gasteiger partial charge in [0.2, 0.25) is 17.7 Å². The maximum absolute atomic E-state index is 12.9. The Morgan fingerprint density at radius 1 is 0.933 bits per heavy atom. The molecule has 0 aliphatic carbocycles. The smallest absolute Gasteiger partial charge is 0.416 e. The highest BCUT2D eigenvalue weighted by Gasteiger charge is 2.30. The zero-order chi connectivity index (χ0) is 21.1. The molecule has 0 unspecified atom stereocenters. The minimum Gasteiger partial charge on any atom is -0.421 e. The first-order valence-corrected chi connectivity index (χ1v) is 9.17. The molecule has 5 nitrogen and oxygen atoms in total. The first kappa shape index (κ1) is 19.6. The molecule has 0 atom stereocenters. The quantitative estimate of drug-likeness (QED) is 0.472. The molecular formula is C22H16F3N3O2. The maximum Gasteiger partial charge on any atom is 0.416 e. The van der Waals surface area contributed by atoms with Crippen LogP contribution in [0.4, 0.5) is 18.9 Å². The summed E-state index contributed by atoms with van der Waals surface area (Å²) in [5.41, 5.74) is 0.0487. The van der Waals surface area contributed by atoms with Crippen LogP contribution in [0.3, 0.4) is 0 Å². The van der Waals surface area contributed by atoms with Crippen LogP contribution >= 0.6 is 0 Å². The molecule has 0 saturated carbocycles. The lowest BCUT2D eigenvalue weighted by Gasteiger charge is -2.06. The van der Waals surface area contributed by atoms with Crippen LogP contribution in [-0.4, -0.2) is 16.1 Å². The number of anilines is 1. The Bertz CT molecular complexity index is 1200. The van der Waals surface area contributed by atoms with E-state index in [2.05, 4.69) is 15.5 Å². The number of hydrogen-bond donors (Lipinski definition) is 1. The van der Waals surface area contributed by atoms with E-state index in [0.717, 1.165) is 22.9 Å². The minimum atomic E-state index is -4.46. The van der Waals surface area contributed by atoms with Crippen molar-refractivity contribution in [1.82, 2.24) is 10.2 Å². The Kier molecular flexibility index (Phi) is 5.22. The molecule has 0 radical (unpaired) electrons. The number of aryl methyl sites for hydroxylation is 1. The van der Waals surface area contributed by atoms with E-state index in [1.165, 1.54) is 12.1 Å². The van der Waals surface area contributed by atoms with Crippen LogP contribution in [-0.2, 0) is 17.4 Å². The van der Waals surface area contributed by atoms with Crippen molar-refractivity contribution in [2.24, 2.45) is 0 Å². The van der Waals surface area contributed by atoms with E-state index in [4.69, 9.17) is 4.42 Å². The van der Waals surface area contributed by atoms with Gasteiger partial charge in [0.25, 0.3) is 0 Å². The number of carbonyl (C=O) groups is 1. The normalized spacial score (nSPS) is 11.6. The Morgan fingerprint density at radius 2 is 1.73 bits per heavy atom. The second kappa shape index (κ2) is 7.98. The second-order valence-corrected chi connectivity index (χ2v) is 6.69. The molecule has 0 bridgehead atoms. The topological polar surface area (TPSA) is 68.0 Å². The number of nitrogens with one attached hydrogen (secondary N) is 1. The van der Waals surface area contributed by atoms with E-state index in [0.29, 0.717) is 5.69 Å². The molecule has 0 saturated heterocycles. The first-order chi connectivity index (χ1) is 14.4. The fourth-order valence-electron chi connectivity index (χ4n) is 3.01. The van der Waals surface area contributed by atoms with Crippen molar-refractivity contribution in [1.29, 1.82) is 0 Å². The summed E-state index contributed by atoms with van der Waals surface area (Å²) in [6, 6.07) is 18.1. The van der Waals surface area contributed by atoms with E-state index in [1.807, 2.05) is 42.5 Å². The van der Waals surface area contributed by atoms with Crippen molar-refractivity contribution < 1.29 is 22.4 Å². The number of carbonyl (C=O) groups excluding carboxylic acids is 1. The summed E-state index contributed by atoms with van der Waals surface area (Å²) in [6.07, 6.45) is -4.19. The van der Waals surface area contributed by atoms with Crippen LogP contribution in [0.1, 0.15) is 17.9 Å². The summed E-state index contributed by atoms with van der Waals surface area (Å²) >= 11 is 0.